The lowest BCUT2D eigenvalue weighted by atomic mass is 9.95. The van der Waals surface area contributed by atoms with E-state index in [1.54, 1.807) is 17.7 Å². The van der Waals surface area contributed by atoms with E-state index in [0.717, 1.165) is 57.7 Å². The number of hydrogen-bond donors (Lipinski definition) is 1. The molecular weight excluding hydrogens is 394 g/mol. The number of fused-ring (bicyclic) bond motifs is 3. The first-order chi connectivity index (χ1) is 14.7. The number of carbonyl (C=O) groups excluding carboxylic acids is 1. The number of nitrogens with zero attached hydrogens (tertiary/aromatic N) is 4. The van der Waals surface area contributed by atoms with E-state index in [1.165, 1.54) is 5.56 Å². The Morgan fingerprint density at radius 1 is 1.13 bits per heavy atom. The molecule has 1 saturated heterocycles. The number of piperidine rings is 1. The van der Waals surface area contributed by atoms with Crippen LogP contribution in [0.25, 0.3) is 20.4 Å². The SMILES string of the molecule is Cc1ccc(CNC(=O)C2CCN(c3ncnc4c3sc3ncccc34)CC2)cc1. The largest absolute Gasteiger partial charge is 0.355 e. The van der Waals surface area contributed by atoms with Crippen molar-refractivity contribution in [3.63, 3.8) is 0 Å². The molecular formula is C23H23N5OS. The Balaban J connectivity index is 1.26. The summed E-state index contributed by atoms with van der Waals surface area (Å²) in [5.41, 5.74) is 3.32. The number of aromatic nitrogens is 3. The number of hydrogen-bond acceptors (Lipinski definition) is 6. The summed E-state index contributed by atoms with van der Waals surface area (Å²) in [5, 5.41) is 4.18. The van der Waals surface area contributed by atoms with E-state index in [1.807, 2.05) is 12.3 Å². The second-order valence-electron chi connectivity index (χ2n) is 7.80. The molecule has 4 aromatic rings. The van der Waals surface area contributed by atoms with E-state index in [0.29, 0.717) is 6.54 Å². The van der Waals surface area contributed by atoms with Gasteiger partial charge in [0.15, 0.2) is 0 Å². The highest BCUT2D eigenvalue weighted by atomic mass is 32.1. The number of nitrogens with one attached hydrogen (secondary N) is 1. The van der Waals surface area contributed by atoms with Crippen molar-refractivity contribution < 1.29 is 4.79 Å². The number of aryl methyl sites for hydroxylation is 1. The summed E-state index contributed by atoms with van der Waals surface area (Å²) >= 11 is 1.64. The minimum atomic E-state index is 0.0492. The molecule has 5 rings (SSSR count). The van der Waals surface area contributed by atoms with Crippen LogP contribution in [0, 0.1) is 12.8 Å². The smallest absolute Gasteiger partial charge is 0.223 e. The molecule has 3 aromatic heterocycles. The molecule has 7 heteroatoms. The van der Waals surface area contributed by atoms with Gasteiger partial charge < -0.3 is 10.2 Å². The Labute approximate surface area is 179 Å². The average molecular weight is 418 g/mol. The third-order valence-corrected chi connectivity index (χ3v) is 6.86. The molecule has 0 aliphatic carbocycles. The molecule has 1 fully saturated rings. The Morgan fingerprint density at radius 3 is 2.73 bits per heavy atom. The lowest BCUT2D eigenvalue weighted by Gasteiger charge is -2.32. The Morgan fingerprint density at radius 2 is 1.93 bits per heavy atom. The highest BCUT2D eigenvalue weighted by Gasteiger charge is 2.27. The summed E-state index contributed by atoms with van der Waals surface area (Å²) < 4.78 is 1.08. The molecule has 0 atom stereocenters. The molecule has 1 aliphatic rings. The fraction of sp³-hybridized carbons (Fsp3) is 0.304. The van der Waals surface area contributed by atoms with Crippen molar-refractivity contribution in [3.05, 3.63) is 60.0 Å². The van der Waals surface area contributed by atoms with Gasteiger partial charge in [0.25, 0.3) is 0 Å². The predicted molar refractivity (Wildman–Crippen MR) is 121 cm³/mol. The first kappa shape index (κ1) is 18.9. The number of pyridine rings is 1. The number of benzene rings is 1. The van der Waals surface area contributed by atoms with Crippen LogP contribution in [0.4, 0.5) is 5.82 Å². The molecule has 1 aromatic carbocycles. The van der Waals surface area contributed by atoms with Gasteiger partial charge in [0.2, 0.25) is 5.91 Å². The molecule has 6 nitrogen and oxygen atoms in total. The van der Waals surface area contributed by atoms with Gasteiger partial charge in [-0.2, -0.15) is 0 Å². The zero-order chi connectivity index (χ0) is 20.5. The van der Waals surface area contributed by atoms with Crippen LogP contribution in [0.1, 0.15) is 24.0 Å². The minimum absolute atomic E-state index is 0.0492. The van der Waals surface area contributed by atoms with Gasteiger partial charge in [-0.3, -0.25) is 4.79 Å². The molecule has 1 aliphatic heterocycles. The number of anilines is 1. The molecule has 0 bridgehead atoms. The van der Waals surface area contributed by atoms with E-state index < -0.39 is 0 Å². The van der Waals surface area contributed by atoms with Gasteiger partial charge in [-0.05, 0) is 37.5 Å². The van der Waals surface area contributed by atoms with Crippen molar-refractivity contribution in [1.82, 2.24) is 20.3 Å². The summed E-state index contributed by atoms with van der Waals surface area (Å²) in [4.78, 5) is 29.5. The maximum atomic E-state index is 12.6. The van der Waals surface area contributed by atoms with Gasteiger partial charge in [0, 0.05) is 37.1 Å². The number of carbonyl (C=O) groups is 1. The molecule has 4 heterocycles. The highest BCUT2D eigenvalue weighted by molar-refractivity contribution is 7.25. The van der Waals surface area contributed by atoms with Crippen molar-refractivity contribution in [1.29, 1.82) is 0 Å². The normalized spacial score (nSPS) is 15.0. The minimum Gasteiger partial charge on any atom is -0.355 e. The van der Waals surface area contributed by atoms with Gasteiger partial charge >= 0.3 is 0 Å². The second-order valence-corrected chi connectivity index (χ2v) is 8.80. The number of rotatable bonds is 4. The molecule has 0 saturated carbocycles. The molecule has 0 unspecified atom stereocenters. The zero-order valence-corrected chi connectivity index (χ0v) is 17.7. The van der Waals surface area contributed by atoms with Gasteiger partial charge in [-0.15, -0.1) is 11.3 Å². The summed E-state index contributed by atoms with van der Waals surface area (Å²) in [6, 6.07) is 12.3. The quantitative estimate of drug-likeness (QED) is 0.542. The van der Waals surface area contributed by atoms with E-state index in [4.69, 9.17) is 0 Å². The third kappa shape index (κ3) is 3.61. The molecule has 30 heavy (non-hydrogen) atoms. The average Bonchev–Trinajstić information content (AvgIpc) is 3.17. The first-order valence-electron chi connectivity index (χ1n) is 10.3. The van der Waals surface area contributed by atoms with Crippen molar-refractivity contribution in [2.45, 2.75) is 26.3 Å². The fourth-order valence-corrected chi connectivity index (χ4v) is 5.13. The summed E-state index contributed by atoms with van der Waals surface area (Å²) in [7, 11) is 0. The monoisotopic (exact) mass is 417 g/mol. The Hall–Kier alpha value is -3.06. The van der Waals surface area contributed by atoms with E-state index in [2.05, 4.69) is 62.4 Å². The number of thiophene rings is 1. The molecule has 0 spiro atoms. The van der Waals surface area contributed by atoms with Crippen LogP contribution in [-0.2, 0) is 11.3 Å². The van der Waals surface area contributed by atoms with Crippen LogP contribution < -0.4 is 10.2 Å². The summed E-state index contributed by atoms with van der Waals surface area (Å²) in [6.45, 7) is 4.28. The van der Waals surface area contributed by atoms with Gasteiger partial charge in [0.1, 0.15) is 17.0 Å². The van der Waals surface area contributed by atoms with Crippen LogP contribution in [0.5, 0.6) is 0 Å². The van der Waals surface area contributed by atoms with Crippen LogP contribution >= 0.6 is 11.3 Å². The molecule has 1 N–H and O–H groups in total. The maximum Gasteiger partial charge on any atom is 0.223 e. The van der Waals surface area contributed by atoms with Gasteiger partial charge in [-0.25, -0.2) is 15.0 Å². The van der Waals surface area contributed by atoms with E-state index in [-0.39, 0.29) is 11.8 Å². The van der Waals surface area contributed by atoms with Gasteiger partial charge in [0.05, 0.1) is 10.2 Å². The first-order valence-corrected chi connectivity index (χ1v) is 11.1. The topological polar surface area (TPSA) is 71.0 Å². The van der Waals surface area contributed by atoms with Crippen LogP contribution in [0.15, 0.2) is 48.9 Å². The van der Waals surface area contributed by atoms with Crippen LogP contribution in [0.2, 0.25) is 0 Å². The lowest BCUT2D eigenvalue weighted by Crippen LogP contribution is -2.40. The van der Waals surface area contributed by atoms with Gasteiger partial charge in [-0.1, -0.05) is 29.8 Å². The highest BCUT2D eigenvalue weighted by Crippen LogP contribution is 2.37. The van der Waals surface area contributed by atoms with E-state index in [9.17, 15) is 4.79 Å². The maximum absolute atomic E-state index is 12.6. The zero-order valence-electron chi connectivity index (χ0n) is 16.8. The van der Waals surface area contributed by atoms with Crippen LogP contribution in [0.3, 0.4) is 0 Å². The molecule has 0 radical (unpaired) electrons. The van der Waals surface area contributed by atoms with Crippen LogP contribution in [-0.4, -0.2) is 33.9 Å². The van der Waals surface area contributed by atoms with Crippen molar-refractivity contribution in [3.8, 4) is 0 Å². The molecule has 152 valence electrons. The Kier molecular flexibility index (Phi) is 5.04. The van der Waals surface area contributed by atoms with Crippen molar-refractivity contribution >= 4 is 43.5 Å². The standard InChI is InChI=1S/C23H23N5OS/c1-15-4-6-16(7-5-15)13-25-22(29)17-8-11-28(12-9-17)21-20-19(26-14-27-21)18-3-2-10-24-23(18)30-20/h2-7,10,14,17H,8-9,11-13H2,1H3,(H,25,29). The van der Waals surface area contributed by atoms with Crippen molar-refractivity contribution in [2.24, 2.45) is 5.92 Å². The summed E-state index contributed by atoms with van der Waals surface area (Å²) in [5.74, 6) is 1.16. The molecule has 1 amide bonds. The number of amides is 1. The second kappa shape index (κ2) is 7.99. The predicted octanol–water partition coefficient (Wildman–Crippen LogP) is 4.08. The van der Waals surface area contributed by atoms with Crippen molar-refractivity contribution in [2.75, 3.05) is 18.0 Å². The summed E-state index contributed by atoms with van der Waals surface area (Å²) in [6.07, 6.45) is 5.10. The van der Waals surface area contributed by atoms with E-state index >= 15 is 0 Å². The third-order valence-electron chi connectivity index (χ3n) is 5.76. The fourth-order valence-electron chi connectivity index (χ4n) is 4.02. The lowest BCUT2D eigenvalue weighted by molar-refractivity contribution is -0.125. The Bertz CT molecular complexity index is 1200.